The van der Waals surface area contributed by atoms with E-state index in [0.717, 1.165) is 22.3 Å². The van der Waals surface area contributed by atoms with Crippen molar-refractivity contribution in [2.75, 3.05) is 5.75 Å². The van der Waals surface area contributed by atoms with Crippen LogP contribution in [0, 0.1) is 11.8 Å². The van der Waals surface area contributed by atoms with Crippen LogP contribution in [0.15, 0.2) is 35.6 Å². The second kappa shape index (κ2) is 7.30. The van der Waals surface area contributed by atoms with E-state index in [1.807, 2.05) is 24.3 Å². The van der Waals surface area contributed by atoms with Gasteiger partial charge in [-0.05, 0) is 24.3 Å². The van der Waals surface area contributed by atoms with Gasteiger partial charge in [-0.15, -0.1) is 0 Å². The minimum absolute atomic E-state index is 0.101. The molecule has 3 atom stereocenters. The number of aromatic nitrogens is 2. The normalized spacial score (nSPS) is 24.5. The Morgan fingerprint density at radius 1 is 1.26 bits per heavy atom. The topological polar surface area (TPSA) is 54.9 Å². The first-order valence-corrected chi connectivity index (χ1v) is 9.25. The van der Waals surface area contributed by atoms with Gasteiger partial charge in [0.1, 0.15) is 11.4 Å². The lowest BCUT2D eigenvalue weighted by Gasteiger charge is -2.34. The lowest BCUT2D eigenvalue weighted by molar-refractivity contribution is -0.119. The fourth-order valence-corrected chi connectivity index (χ4v) is 4.06. The molecule has 0 spiro atoms. The molecule has 3 rings (SSSR count). The van der Waals surface area contributed by atoms with E-state index in [0.29, 0.717) is 23.6 Å². The summed E-state index contributed by atoms with van der Waals surface area (Å²) in [5.74, 6) is 1.74. The number of rotatable bonds is 4. The Morgan fingerprint density at radius 3 is 2.96 bits per heavy atom. The summed E-state index contributed by atoms with van der Waals surface area (Å²) >= 11 is 1.49. The van der Waals surface area contributed by atoms with Crippen molar-refractivity contribution in [3.05, 3.63) is 30.6 Å². The number of nitrogens with one attached hydrogen (secondary N) is 1. The summed E-state index contributed by atoms with van der Waals surface area (Å²) in [6, 6.07) is 8.21. The minimum Gasteiger partial charge on any atom is -0.352 e. The van der Waals surface area contributed by atoms with Crippen molar-refractivity contribution in [1.29, 1.82) is 0 Å². The zero-order valence-corrected chi connectivity index (χ0v) is 14.5. The van der Waals surface area contributed by atoms with E-state index >= 15 is 0 Å². The Balaban J connectivity index is 1.60. The zero-order chi connectivity index (χ0) is 16.2. The average molecular weight is 329 g/mol. The molecule has 5 heteroatoms. The third-order valence-electron chi connectivity index (χ3n) is 4.90. The highest BCUT2D eigenvalue weighted by Crippen LogP contribution is 2.30. The number of nitrogens with zero attached hydrogens (tertiary/aromatic N) is 2. The number of hydrogen-bond donors (Lipinski definition) is 1. The molecule has 0 unspecified atom stereocenters. The molecule has 1 N–H and O–H groups in total. The first-order chi connectivity index (χ1) is 11.1. The molecule has 1 heterocycles. The van der Waals surface area contributed by atoms with Gasteiger partial charge in [0.25, 0.3) is 0 Å². The van der Waals surface area contributed by atoms with Crippen LogP contribution < -0.4 is 5.32 Å². The third-order valence-corrected chi connectivity index (χ3v) is 5.90. The summed E-state index contributed by atoms with van der Waals surface area (Å²) in [5, 5.41) is 5.09. The maximum atomic E-state index is 12.3. The molecule has 4 nitrogen and oxygen atoms in total. The Hall–Kier alpha value is -1.62. The molecule has 0 radical (unpaired) electrons. The molecule has 0 aliphatic heterocycles. The maximum absolute atomic E-state index is 12.3. The summed E-state index contributed by atoms with van der Waals surface area (Å²) in [6.07, 6.45) is 5.14. The molecule has 0 saturated heterocycles. The smallest absolute Gasteiger partial charge is 0.230 e. The number of amides is 1. The van der Waals surface area contributed by atoms with Crippen molar-refractivity contribution in [3.63, 3.8) is 0 Å². The molecule has 1 aliphatic rings. The molecule has 1 amide bonds. The summed E-state index contributed by atoms with van der Waals surface area (Å²) in [6.45, 7) is 4.53. The average Bonchev–Trinajstić information content (AvgIpc) is 2.57. The van der Waals surface area contributed by atoms with E-state index in [2.05, 4.69) is 29.1 Å². The second-order valence-corrected chi connectivity index (χ2v) is 7.39. The third kappa shape index (κ3) is 3.83. The van der Waals surface area contributed by atoms with Crippen LogP contribution in [-0.4, -0.2) is 27.7 Å². The number of para-hydroxylation sites is 1. The van der Waals surface area contributed by atoms with Crippen molar-refractivity contribution in [2.24, 2.45) is 11.8 Å². The fourth-order valence-electron chi connectivity index (χ4n) is 3.26. The summed E-state index contributed by atoms with van der Waals surface area (Å²) < 4.78 is 0. The van der Waals surface area contributed by atoms with Crippen LogP contribution in [0.1, 0.15) is 33.1 Å². The van der Waals surface area contributed by atoms with E-state index in [4.69, 9.17) is 0 Å². The maximum Gasteiger partial charge on any atom is 0.230 e. The lowest BCUT2D eigenvalue weighted by atomic mass is 9.78. The summed E-state index contributed by atoms with van der Waals surface area (Å²) in [4.78, 5) is 20.9. The minimum atomic E-state index is 0.101. The number of carbonyl (C=O) groups is 1. The monoisotopic (exact) mass is 329 g/mol. The van der Waals surface area contributed by atoms with Crippen LogP contribution in [-0.2, 0) is 4.79 Å². The highest BCUT2D eigenvalue weighted by atomic mass is 32.2. The van der Waals surface area contributed by atoms with Crippen molar-refractivity contribution < 1.29 is 4.79 Å². The van der Waals surface area contributed by atoms with Gasteiger partial charge < -0.3 is 5.32 Å². The van der Waals surface area contributed by atoms with E-state index < -0.39 is 0 Å². The summed E-state index contributed by atoms with van der Waals surface area (Å²) in [5.41, 5.74) is 0.917. The number of thioether (sulfide) groups is 1. The molecule has 1 aromatic heterocycles. The van der Waals surface area contributed by atoms with Gasteiger partial charge in [0.05, 0.1) is 11.3 Å². The van der Waals surface area contributed by atoms with Gasteiger partial charge in [-0.2, -0.15) is 0 Å². The lowest BCUT2D eigenvalue weighted by Crippen LogP contribution is -2.44. The quantitative estimate of drug-likeness (QED) is 0.687. The molecule has 1 saturated carbocycles. The van der Waals surface area contributed by atoms with Gasteiger partial charge in [-0.25, -0.2) is 9.97 Å². The van der Waals surface area contributed by atoms with Crippen LogP contribution in [0.2, 0.25) is 0 Å². The Morgan fingerprint density at radius 2 is 2.09 bits per heavy atom. The summed E-state index contributed by atoms with van der Waals surface area (Å²) in [7, 11) is 0. The Bertz CT molecular complexity index is 686. The highest BCUT2D eigenvalue weighted by molar-refractivity contribution is 8.00. The number of fused-ring (bicyclic) bond motifs is 1. The molecule has 122 valence electrons. The number of benzene rings is 1. The molecule has 1 aliphatic carbocycles. The first kappa shape index (κ1) is 16.2. The number of hydrogen-bond acceptors (Lipinski definition) is 4. The van der Waals surface area contributed by atoms with Gasteiger partial charge in [-0.1, -0.05) is 56.7 Å². The number of carbonyl (C=O) groups excluding carboxylic acids is 1. The van der Waals surface area contributed by atoms with Crippen molar-refractivity contribution in [2.45, 2.75) is 44.2 Å². The molecular weight excluding hydrogens is 306 g/mol. The van der Waals surface area contributed by atoms with Gasteiger partial charge in [0.2, 0.25) is 5.91 Å². The van der Waals surface area contributed by atoms with Crippen LogP contribution in [0.3, 0.4) is 0 Å². The second-order valence-electron chi connectivity index (χ2n) is 6.43. The molecule has 0 bridgehead atoms. The van der Waals surface area contributed by atoms with Crippen molar-refractivity contribution >= 4 is 28.6 Å². The largest absolute Gasteiger partial charge is 0.352 e. The van der Waals surface area contributed by atoms with Crippen LogP contribution >= 0.6 is 11.8 Å². The van der Waals surface area contributed by atoms with Crippen molar-refractivity contribution in [1.82, 2.24) is 15.3 Å². The van der Waals surface area contributed by atoms with Gasteiger partial charge >= 0.3 is 0 Å². The molecule has 1 fully saturated rings. The predicted molar refractivity (Wildman–Crippen MR) is 94.4 cm³/mol. The van der Waals surface area contributed by atoms with E-state index in [1.165, 1.54) is 24.6 Å². The zero-order valence-electron chi connectivity index (χ0n) is 13.7. The SMILES string of the molecule is C[C@H]1[C@@H](C)CCC[C@H]1NC(=O)CSc1ncnc2ccccc12. The highest BCUT2D eigenvalue weighted by Gasteiger charge is 2.28. The molecule has 1 aromatic carbocycles. The van der Waals surface area contributed by atoms with Crippen molar-refractivity contribution in [3.8, 4) is 0 Å². The standard InChI is InChI=1S/C18H23N3OS/c1-12-6-5-9-15(13(12)2)21-17(22)10-23-18-14-7-3-4-8-16(14)19-11-20-18/h3-4,7-8,11-13,15H,5-6,9-10H2,1-2H3,(H,21,22)/t12-,13-,15+/m0/s1. The van der Waals surface area contributed by atoms with Crippen LogP contribution in [0.5, 0.6) is 0 Å². The van der Waals surface area contributed by atoms with Gasteiger partial charge in [0, 0.05) is 11.4 Å². The Labute approximate surface area is 141 Å². The van der Waals surface area contributed by atoms with E-state index in [1.54, 1.807) is 6.33 Å². The van der Waals surface area contributed by atoms with Gasteiger partial charge in [0.15, 0.2) is 0 Å². The fraction of sp³-hybridized carbons (Fsp3) is 0.500. The molecule has 23 heavy (non-hydrogen) atoms. The van der Waals surface area contributed by atoms with E-state index in [9.17, 15) is 4.79 Å². The van der Waals surface area contributed by atoms with Crippen LogP contribution in [0.25, 0.3) is 10.9 Å². The van der Waals surface area contributed by atoms with E-state index in [-0.39, 0.29) is 5.91 Å². The van der Waals surface area contributed by atoms with Crippen LogP contribution in [0.4, 0.5) is 0 Å². The molecule has 2 aromatic rings. The van der Waals surface area contributed by atoms with Gasteiger partial charge in [-0.3, -0.25) is 4.79 Å². The molecular formula is C18H23N3OS. The Kier molecular flexibility index (Phi) is 5.16. The first-order valence-electron chi connectivity index (χ1n) is 8.27. The predicted octanol–water partition coefficient (Wildman–Crippen LogP) is 3.66.